The van der Waals surface area contributed by atoms with Crippen molar-refractivity contribution in [1.82, 2.24) is 9.80 Å². The van der Waals surface area contributed by atoms with Crippen LogP contribution in [0.15, 0.2) is 0 Å². The maximum absolute atomic E-state index is 5.47. The molecule has 0 aromatic heterocycles. The van der Waals surface area contributed by atoms with Gasteiger partial charge in [0.1, 0.15) is 0 Å². The van der Waals surface area contributed by atoms with Gasteiger partial charge >= 0.3 is 0 Å². The minimum atomic E-state index is 0.547. The zero-order valence-electron chi connectivity index (χ0n) is 14.7. The number of rotatable bonds is 6. The van der Waals surface area contributed by atoms with Crippen LogP contribution in [0.1, 0.15) is 59.3 Å². The summed E-state index contributed by atoms with van der Waals surface area (Å²) >= 11 is 0. The van der Waals surface area contributed by atoms with E-state index in [-0.39, 0.29) is 0 Å². The molecule has 21 heavy (non-hydrogen) atoms. The van der Waals surface area contributed by atoms with Gasteiger partial charge in [-0.3, -0.25) is 9.80 Å². The Morgan fingerprint density at radius 2 is 1.81 bits per heavy atom. The Labute approximate surface area is 132 Å². The first-order valence-electron chi connectivity index (χ1n) is 9.11. The molecule has 3 heteroatoms. The Morgan fingerprint density at radius 1 is 1.10 bits per heavy atom. The van der Waals surface area contributed by atoms with E-state index in [1.807, 2.05) is 7.11 Å². The molecule has 0 aromatic carbocycles. The summed E-state index contributed by atoms with van der Waals surface area (Å²) in [6, 6.07) is 1.43. The molecule has 1 aliphatic carbocycles. The van der Waals surface area contributed by atoms with E-state index in [1.54, 1.807) is 0 Å². The van der Waals surface area contributed by atoms with Crippen LogP contribution in [-0.2, 0) is 4.74 Å². The Hall–Kier alpha value is -0.120. The van der Waals surface area contributed by atoms with Gasteiger partial charge in [0.2, 0.25) is 0 Å². The van der Waals surface area contributed by atoms with Gasteiger partial charge in [-0.2, -0.15) is 0 Å². The average Bonchev–Trinajstić information content (AvgIpc) is 2.49. The zero-order chi connectivity index (χ0) is 15.2. The average molecular weight is 296 g/mol. The standard InChI is InChI=1S/C18H36N2O/c1-15(2)20-13-12-19(16(3)14-20)11-5-6-17-7-9-18(21-4)10-8-17/h15-18H,5-14H2,1-4H3/t16-,17?,18?/m1/s1. The predicted octanol–water partition coefficient (Wildman–Crippen LogP) is 3.39. The van der Waals surface area contributed by atoms with Crippen molar-refractivity contribution in [2.24, 2.45) is 5.92 Å². The smallest absolute Gasteiger partial charge is 0.0571 e. The number of piperazine rings is 1. The molecule has 0 amide bonds. The molecule has 1 atom stereocenters. The van der Waals surface area contributed by atoms with Crippen LogP contribution in [0.2, 0.25) is 0 Å². The van der Waals surface area contributed by atoms with Crippen molar-refractivity contribution in [2.75, 3.05) is 33.3 Å². The molecule has 0 aromatic rings. The highest BCUT2D eigenvalue weighted by atomic mass is 16.5. The molecule has 124 valence electrons. The monoisotopic (exact) mass is 296 g/mol. The van der Waals surface area contributed by atoms with Crippen LogP contribution in [0.3, 0.4) is 0 Å². The van der Waals surface area contributed by atoms with Crippen molar-refractivity contribution in [3.63, 3.8) is 0 Å². The third-order valence-electron chi connectivity index (χ3n) is 5.71. The van der Waals surface area contributed by atoms with Crippen LogP contribution < -0.4 is 0 Å². The van der Waals surface area contributed by atoms with Crippen molar-refractivity contribution < 1.29 is 4.74 Å². The first-order chi connectivity index (χ1) is 10.1. The highest BCUT2D eigenvalue weighted by Gasteiger charge is 2.25. The van der Waals surface area contributed by atoms with Crippen molar-refractivity contribution in [1.29, 1.82) is 0 Å². The van der Waals surface area contributed by atoms with Gasteiger partial charge in [-0.15, -0.1) is 0 Å². The lowest BCUT2D eigenvalue weighted by Crippen LogP contribution is -2.53. The molecule has 1 saturated carbocycles. The molecule has 1 saturated heterocycles. The van der Waals surface area contributed by atoms with Gasteiger partial charge in [0.05, 0.1) is 6.10 Å². The molecule has 0 radical (unpaired) electrons. The van der Waals surface area contributed by atoms with E-state index in [0.29, 0.717) is 12.1 Å². The molecule has 2 aliphatic rings. The fourth-order valence-corrected chi connectivity index (χ4v) is 4.06. The SMILES string of the molecule is COC1CCC(CCCN2CCN(C(C)C)C[C@H]2C)CC1. The number of hydrogen-bond acceptors (Lipinski definition) is 3. The van der Waals surface area contributed by atoms with E-state index in [1.165, 1.54) is 64.7 Å². The number of hydrogen-bond donors (Lipinski definition) is 0. The molecule has 1 heterocycles. The Kier molecular flexibility index (Phi) is 6.97. The minimum Gasteiger partial charge on any atom is -0.381 e. The first-order valence-corrected chi connectivity index (χ1v) is 9.11. The lowest BCUT2D eigenvalue weighted by atomic mass is 9.84. The Bertz CT molecular complexity index is 287. The third kappa shape index (κ3) is 5.22. The molecule has 0 unspecified atom stereocenters. The lowest BCUT2D eigenvalue weighted by molar-refractivity contribution is 0.0497. The molecule has 1 aliphatic heterocycles. The van der Waals surface area contributed by atoms with Crippen molar-refractivity contribution in [3.05, 3.63) is 0 Å². The largest absolute Gasteiger partial charge is 0.381 e. The van der Waals surface area contributed by atoms with E-state index < -0.39 is 0 Å². The van der Waals surface area contributed by atoms with Gasteiger partial charge in [0.15, 0.2) is 0 Å². The summed E-state index contributed by atoms with van der Waals surface area (Å²) < 4.78 is 5.47. The van der Waals surface area contributed by atoms with E-state index >= 15 is 0 Å². The second-order valence-corrected chi connectivity index (χ2v) is 7.49. The summed E-state index contributed by atoms with van der Waals surface area (Å²) in [6.45, 7) is 12.1. The predicted molar refractivity (Wildman–Crippen MR) is 89.7 cm³/mol. The molecular weight excluding hydrogens is 260 g/mol. The minimum absolute atomic E-state index is 0.547. The maximum atomic E-state index is 5.47. The maximum Gasteiger partial charge on any atom is 0.0571 e. The van der Waals surface area contributed by atoms with Gasteiger partial charge < -0.3 is 4.74 Å². The summed E-state index contributed by atoms with van der Waals surface area (Å²) in [6.07, 6.45) is 8.69. The van der Waals surface area contributed by atoms with Crippen LogP contribution >= 0.6 is 0 Å². The zero-order valence-corrected chi connectivity index (χ0v) is 14.7. The van der Waals surface area contributed by atoms with Gasteiger partial charge in [-0.1, -0.05) is 0 Å². The Balaban J connectivity index is 1.61. The highest BCUT2D eigenvalue weighted by Crippen LogP contribution is 2.29. The normalized spacial score (nSPS) is 32.7. The van der Waals surface area contributed by atoms with E-state index in [4.69, 9.17) is 4.74 Å². The fraction of sp³-hybridized carbons (Fsp3) is 1.00. The summed E-state index contributed by atoms with van der Waals surface area (Å²) in [7, 11) is 1.86. The van der Waals surface area contributed by atoms with Crippen LogP contribution in [0.4, 0.5) is 0 Å². The molecule has 0 bridgehead atoms. The quantitative estimate of drug-likeness (QED) is 0.747. The number of nitrogens with zero attached hydrogens (tertiary/aromatic N) is 2. The highest BCUT2D eigenvalue weighted by molar-refractivity contribution is 4.81. The molecule has 3 nitrogen and oxygen atoms in total. The van der Waals surface area contributed by atoms with Gasteiger partial charge in [-0.05, 0) is 71.8 Å². The van der Waals surface area contributed by atoms with Crippen LogP contribution in [-0.4, -0.2) is 61.3 Å². The fourth-order valence-electron chi connectivity index (χ4n) is 4.06. The van der Waals surface area contributed by atoms with E-state index in [9.17, 15) is 0 Å². The van der Waals surface area contributed by atoms with Crippen LogP contribution in [0.5, 0.6) is 0 Å². The van der Waals surface area contributed by atoms with Crippen LogP contribution in [0, 0.1) is 5.92 Å². The van der Waals surface area contributed by atoms with Crippen molar-refractivity contribution >= 4 is 0 Å². The topological polar surface area (TPSA) is 15.7 Å². The van der Waals surface area contributed by atoms with Gasteiger partial charge in [0.25, 0.3) is 0 Å². The first kappa shape index (κ1) is 17.2. The molecular formula is C18H36N2O. The summed E-state index contributed by atoms with van der Waals surface area (Å²) in [5.41, 5.74) is 0. The number of ether oxygens (including phenoxy) is 1. The molecule has 2 rings (SSSR count). The Morgan fingerprint density at radius 3 is 2.38 bits per heavy atom. The second-order valence-electron chi connectivity index (χ2n) is 7.49. The summed E-state index contributed by atoms with van der Waals surface area (Å²) in [5.74, 6) is 0.962. The van der Waals surface area contributed by atoms with E-state index in [2.05, 4.69) is 30.6 Å². The molecule has 2 fully saturated rings. The third-order valence-corrected chi connectivity index (χ3v) is 5.71. The molecule has 0 spiro atoms. The summed E-state index contributed by atoms with van der Waals surface area (Å²) in [4.78, 5) is 5.33. The number of methoxy groups -OCH3 is 1. The lowest BCUT2D eigenvalue weighted by Gasteiger charge is -2.42. The van der Waals surface area contributed by atoms with Crippen molar-refractivity contribution in [2.45, 2.75) is 77.5 Å². The molecule has 0 N–H and O–H groups in total. The second kappa shape index (κ2) is 8.50. The van der Waals surface area contributed by atoms with Gasteiger partial charge in [-0.25, -0.2) is 0 Å². The van der Waals surface area contributed by atoms with E-state index in [0.717, 1.165) is 12.0 Å². The van der Waals surface area contributed by atoms with Crippen molar-refractivity contribution in [3.8, 4) is 0 Å². The van der Waals surface area contributed by atoms with Crippen LogP contribution in [0.25, 0.3) is 0 Å². The summed E-state index contributed by atoms with van der Waals surface area (Å²) in [5, 5.41) is 0. The van der Waals surface area contributed by atoms with Gasteiger partial charge in [0, 0.05) is 38.8 Å².